The molecule has 80 heavy (non-hydrogen) atoms. The average molecular weight is 1170 g/mol. The van der Waals surface area contributed by atoms with Crippen LogP contribution in [0.25, 0.3) is 0 Å². The molecule has 0 aliphatic carbocycles. The quantitative estimate of drug-likeness (QED) is 0.0257. The van der Waals surface area contributed by atoms with Crippen LogP contribution in [0.1, 0.15) is 340 Å². The first-order valence-corrected chi connectivity index (χ1v) is 35.0. The molecule has 0 aromatic rings. The molecule has 0 radical (unpaired) electrons. The number of carbonyl (C=O) groups is 6. The third kappa shape index (κ3) is 56.0. The van der Waals surface area contributed by atoms with Crippen LogP contribution >= 0.6 is 21.6 Å². The molecule has 0 fully saturated rings. The van der Waals surface area contributed by atoms with E-state index in [0.717, 1.165) is 64.2 Å². The number of rotatable bonds is 51. The summed E-state index contributed by atoms with van der Waals surface area (Å²) in [7, 11) is 2.73. The zero-order valence-electron chi connectivity index (χ0n) is 53.8. The van der Waals surface area contributed by atoms with Crippen LogP contribution in [0.3, 0.4) is 0 Å². The van der Waals surface area contributed by atoms with E-state index in [9.17, 15) is 28.8 Å². The molecule has 0 saturated heterocycles. The van der Waals surface area contributed by atoms with Crippen LogP contribution in [-0.2, 0) is 47.7 Å². The van der Waals surface area contributed by atoms with E-state index in [-0.39, 0.29) is 35.3 Å². The van der Waals surface area contributed by atoms with Crippen molar-refractivity contribution in [1.29, 1.82) is 0 Å². The second kappa shape index (κ2) is 47.8. The maximum absolute atomic E-state index is 13.3. The van der Waals surface area contributed by atoms with Gasteiger partial charge < -0.3 is 29.6 Å². The van der Waals surface area contributed by atoms with Crippen LogP contribution in [0, 0.1) is 0 Å². The van der Waals surface area contributed by atoms with Crippen molar-refractivity contribution in [2.75, 3.05) is 11.5 Å². The minimum absolute atomic E-state index is 0.0782. The van der Waals surface area contributed by atoms with Gasteiger partial charge in [0.15, 0.2) is 0 Å². The summed E-state index contributed by atoms with van der Waals surface area (Å²) in [4.78, 5) is 76.3. The molecule has 0 heterocycles. The molecular weight excluding hydrogens is 1040 g/mol. The van der Waals surface area contributed by atoms with Crippen LogP contribution < -0.4 is 10.6 Å². The molecule has 14 heteroatoms. The molecule has 0 bridgehead atoms. The fraction of sp³-hybridized carbons (Fsp3) is 0.909. The van der Waals surface area contributed by atoms with Gasteiger partial charge >= 0.3 is 23.9 Å². The number of amides is 2. The van der Waals surface area contributed by atoms with Gasteiger partial charge in [-0.3, -0.25) is 19.2 Å². The van der Waals surface area contributed by atoms with E-state index in [1.54, 1.807) is 0 Å². The molecule has 2 N–H and O–H groups in total. The van der Waals surface area contributed by atoms with E-state index in [4.69, 9.17) is 18.9 Å². The Kier molecular flexibility index (Phi) is 46.3. The van der Waals surface area contributed by atoms with Crippen LogP contribution in [0.4, 0.5) is 0 Å². The van der Waals surface area contributed by atoms with Gasteiger partial charge in [0.1, 0.15) is 34.5 Å². The van der Waals surface area contributed by atoms with Crippen LogP contribution in [0.5, 0.6) is 0 Å². The van der Waals surface area contributed by atoms with Gasteiger partial charge in [-0.15, -0.1) is 0 Å². The molecule has 470 valence electrons. The maximum atomic E-state index is 13.3. The number of esters is 4. The van der Waals surface area contributed by atoms with Gasteiger partial charge in [-0.2, -0.15) is 0 Å². The van der Waals surface area contributed by atoms with Crippen molar-refractivity contribution in [2.24, 2.45) is 0 Å². The normalized spacial score (nSPS) is 12.9. The molecular formula is C66H124N2O10S2. The van der Waals surface area contributed by atoms with Gasteiger partial charge in [0.05, 0.1) is 0 Å². The lowest BCUT2D eigenvalue weighted by Gasteiger charge is -2.25. The van der Waals surface area contributed by atoms with Crippen molar-refractivity contribution in [3.63, 3.8) is 0 Å². The molecule has 0 aromatic heterocycles. The highest BCUT2D eigenvalue weighted by Crippen LogP contribution is 2.26. The number of carbonyl (C=O) groups excluding carboxylic acids is 6. The highest BCUT2D eigenvalue weighted by Gasteiger charge is 2.30. The van der Waals surface area contributed by atoms with Crippen molar-refractivity contribution in [3.8, 4) is 0 Å². The summed E-state index contributed by atoms with van der Waals surface area (Å²) in [5, 5.41) is 5.85. The monoisotopic (exact) mass is 1170 g/mol. The van der Waals surface area contributed by atoms with Crippen LogP contribution in [0.15, 0.2) is 0 Å². The molecule has 0 spiro atoms. The number of hydrogen-bond acceptors (Lipinski definition) is 12. The molecule has 0 rings (SSSR count). The predicted molar refractivity (Wildman–Crippen MR) is 337 cm³/mol. The summed E-state index contributed by atoms with van der Waals surface area (Å²) >= 11 is 0. The summed E-state index contributed by atoms with van der Waals surface area (Å²) in [5.74, 6) is -0.955. The SMILES string of the molecule is CC(C)(C)OC(=O)CCCCCCCCCCCCCCCCCCCCC(=O)NC(CSSCC(NC(=O)CCCCCCCCCCCCCCCCCCCCC(=O)OC(C)(C)C)C(=O)OC(C)(C)C)C(=O)OC(C)(C)C. The predicted octanol–water partition coefficient (Wildman–Crippen LogP) is 18.3. The third-order valence-electron chi connectivity index (χ3n) is 13.5. The van der Waals surface area contributed by atoms with E-state index in [2.05, 4.69) is 10.6 Å². The Morgan fingerprint density at radius 1 is 0.275 bits per heavy atom. The topological polar surface area (TPSA) is 163 Å². The zero-order valence-corrected chi connectivity index (χ0v) is 55.4. The van der Waals surface area contributed by atoms with E-state index in [1.807, 2.05) is 83.1 Å². The second-order valence-electron chi connectivity index (χ2n) is 26.8. The summed E-state index contributed by atoms with van der Waals surface area (Å²) in [6.07, 6.45) is 44.8. The molecule has 2 amide bonds. The number of hydrogen-bond donors (Lipinski definition) is 2. The highest BCUT2D eigenvalue weighted by molar-refractivity contribution is 8.76. The van der Waals surface area contributed by atoms with E-state index in [1.165, 1.54) is 189 Å². The first-order chi connectivity index (χ1) is 37.8. The molecule has 0 saturated carbocycles. The lowest BCUT2D eigenvalue weighted by Crippen LogP contribution is -2.46. The Morgan fingerprint density at radius 3 is 0.637 bits per heavy atom. The van der Waals surface area contributed by atoms with Crippen molar-refractivity contribution >= 4 is 57.3 Å². The Labute approximate surface area is 499 Å². The largest absolute Gasteiger partial charge is 0.460 e. The minimum atomic E-state index is -0.841. The van der Waals surface area contributed by atoms with Crippen molar-refractivity contribution < 1.29 is 47.7 Å². The Bertz CT molecular complexity index is 1480. The minimum Gasteiger partial charge on any atom is -0.460 e. The fourth-order valence-corrected chi connectivity index (χ4v) is 11.7. The maximum Gasteiger partial charge on any atom is 0.330 e. The summed E-state index contributed by atoms with van der Waals surface area (Å²) in [5.41, 5.74) is -2.21. The first kappa shape index (κ1) is 77.5. The van der Waals surface area contributed by atoms with E-state index in [0.29, 0.717) is 25.7 Å². The Balaban J connectivity index is 4.30. The van der Waals surface area contributed by atoms with Gasteiger partial charge in [-0.05, 0) is 109 Å². The summed E-state index contributed by atoms with van der Waals surface area (Å²) in [6.45, 7) is 22.3. The Morgan fingerprint density at radius 2 is 0.450 bits per heavy atom. The van der Waals surface area contributed by atoms with Crippen molar-refractivity contribution in [3.05, 3.63) is 0 Å². The third-order valence-corrected chi connectivity index (χ3v) is 15.9. The zero-order chi connectivity index (χ0) is 60.0. The molecule has 0 aliphatic rings. The lowest BCUT2D eigenvalue weighted by molar-refractivity contribution is -0.158. The molecule has 12 nitrogen and oxygen atoms in total. The highest BCUT2D eigenvalue weighted by atomic mass is 33.1. The fourth-order valence-electron chi connectivity index (χ4n) is 9.40. The lowest BCUT2D eigenvalue weighted by atomic mass is 10.0. The molecule has 2 atom stereocenters. The standard InChI is InChI=1S/C66H124N2O10S2/c1-63(2,3)75-59(71)51-47-43-39-35-31-27-23-19-15-13-17-21-25-29-33-37-41-45-49-57(69)67-55(61(73)77-65(7,8)9)53-79-80-54-56(62(74)78-66(10,11)12)68-58(70)50-46-42-38-34-30-26-22-18-14-16-20-24-28-32-36-40-44-48-52-60(72)76-64(4,5)6/h55-56H,13-54H2,1-12H3,(H,67,69)(H,68,70). The summed E-state index contributed by atoms with van der Waals surface area (Å²) in [6, 6.07) is -1.68. The number of unbranched alkanes of at least 4 members (excludes halogenated alkanes) is 34. The van der Waals surface area contributed by atoms with E-state index < -0.39 is 46.4 Å². The van der Waals surface area contributed by atoms with Gasteiger partial charge in [-0.1, -0.05) is 227 Å². The Hall–Kier alpha value is -2.48. The van der Waals surface area contributed by atoms with Gasteiger partial charge in [0.25, 0.3) is 0 Å². The average Bonchev–Trinajstić information content (AvgIpc) is 3.33. The smallest absolute Gasteiger partial charge is 0.330 e. The second-order valence-corrected chi connectivity index (χ2v) is 29.3. The van der Waals surface area contributed by atoms with Gasteiger partial charge in [0, 0.05) is 37.2 Å². The molecule has 0 aromatic carbocycles. The first-order valence-electron chi connectivity index (χ1n) is 32.5. The van der Waals surface area contributed by atoms with Crippen LogP contribution in [-0.4, -0.2) is 81.7 Å². The van der Waals surface area contributed by atoms with E-state index >= 15 is 0 Å². The van der Waals surface area contributed by atoms with Crippen LogP contribution in [0.2, 0.25) is 0 Å². The van der Waals surface area contributed by atoms with Gasteiger partial charge in [-0.25, -0.2) is 9.59 Å². The van der Waals surface area contributed by atoms with Gasteiger partial charge in [0.2, 0.25) is 11.8 Å². The summed E-state index contributed by atoms with van der Waals surface area (Å²) < 4.78 is 22.1. The van der Waals surface area contributed by atoms with Crippen molar-refractivity contribution in [2.45, 2.75) is 374 Å². The number of ether oxygens (including phenoxy) is 4. The molecule has 2 unspecified atom stereocenters. The molecule has 0 aliphatic heterocycles. The van der Waals surface area contributed by atoms with Crippen molar-refractivity contribution in [1.82, 2.24) is 10.6 Å². The number of nitrogens with one attached hydrogen (secondary N) is 2.